The van der Waals surface area contributed by atoms with Crippen LogP contribution in [-0.2, 0) is 0 Å². The van der Waals surface area contributed by atoms with E-state index in [2.05, 4.69) is 39.9 Å². The molecule has 0 aliphatic rings. The second kappa shape index (κ2) is 3.21. The van der Waals surface area contributed by atoms with Crippen LogP contribution in [0.25, 0.3) is 0 Å². The minimum atomic E-state index is 0.399. The first kappa shape index (κ1) is 8.96. The zero-order valence-corrected chi connectivity index (χ0v) is 7.28. The van der Waals surface area contributed by atoms with Crippen molar-refractivity contribution >= 4 is 0 Å². The molecule has 0 fully saturated rings. The van der Waals surface area contributed by atoms with E-state index in [0.29, 0.717) is 11.5 Å². The standard InChI is InChI=1S/C8H19N/c1-6-9-7(2)8(3,4)5/h7,9H,6H2,1-5H3. The van der Waals surface area contributed by atoms with Gasteiger partial charge in [-0.3, -0.25) is 0 Å². The molecule has 9 heavy (non-hydrogen) atoms. The Morgan fingerprint density at radius 3 is 1.89 bits per heavy atom. The molecule has 1 heteroatoms. The summed E-state index contributed by atoms with van der Waals surface area (Å²) < 4.78 is 0. The Bertz CT molecular complexity index is 71.1. The van der Waals surface area contributed by atoms with E-state index < -0.39 is 0 Å². The molecule has 56 valence electrons. The molecule has 0 aromatic heterocycles. The Kier molecular flexibility index (Phi) is 3.20. The molecule has 0 radical (unpaired) electrons. The monoisotopic (exact) mass is 129 g/mol. The van der Waals surface area contributed by atoms with Gasteiger partial charge in [0.1, 0.15) is 0 Å². The summed E-state index contributed by atoms with van der Waals surface area (Å²) in [5.74, 6) is 0. The van der Waals surface area contributed by atoms with Gasteiger partial charge >= 0.3 is 0 Å². The van der Waals surface area contributed by atoms with Crippen LogP contribution in [0.4, 0.5) is 0 Å². The van der Waals surface area contributed by atoms with Crippen molar-refractivity contribution in [3.63, 3.8) is 0 Å². The molecule has 0 aromatic carbocycles. The summed E-state index contributed by atoms with van der Waals surface area (Å²) in [4.78, 5) is 0. The first-order chi connectivity index (χ1) is 3.98. The lowest BCUT2D eigenvalue weighted by Gasteiger charge is -2.27. The molecule has 0 aliphatic heterocycles. The first-order valence-corrected chi connectivity index (χ1v) is 3.72. The van der Waals surface area contributed by atoms with E-state index in [4.69, 9.17) is 0 Å². The number of hydrogen-bond donors (Lipinski definition) is 1. The topological polar surface area (TPSA) is 12.0 Å². The van der Waals surface area contributed by atoms with Crippen LogP contribution in [0.3, 0.4) is 0 Å². The van der Waals surface area contributed by atoms with Crippen LogP contribution >= 0.6 is 0 Å². The van der Waals surface area contributed by atoms with Crippen LogP contribution < -0.4 is 5.32 Å². The number of rotatable bonds is 2. The van der Waals surface area contributed by atoms with E-state index >= 15 is 0 Å². The van der Waals surface area contributed by atoms with Crippen molar-refractivity contribution in [2.24, 2.45) is 5.41 Å². The Hall–Kier alpha value is -0.0400. The van der Waals surface area contributed by atoms with Gasteiger partial charge in [0.2, 0.25) is 0 Å². The largest absolute Gasteiger partial charge is 0.314 e. The molecule has 0 amide bonds. The van der Waals surface area contributed by atoms with Crippen LogP contribution in [-0.4, -0.2) is 12.6 Å². The molecule has 0 heterocycles. The lowest BCUT2D eigenvalue weighted by molar-refractivity contribution is 0.291. The third-order valence-electron chi connectivity index (χ3n) is 1.81. The molecule has 1 N–H and O–H groups in total. The first-order valence-electron chi connectivity index (χ1n) is 3.72. The SMILES string of the molecule is CCNC(C)C(C)(C)C. The Morgan fingerprint density at radius 2 is 1.78 bits per heavy atom. The second-order valence-electron chi connectivity index (χ2n) is 3.65. The van der Waals surface area contributed by atoms with Crippen molar-refractivity contribution < 1.29 is 0 Å². The van der Waals surface area contributed by atoms with Gasteiger partial charge in [0.15, 0.2) is 0 Å². The van der Waals surface area contributed by atoms with Crippen molar-refractivity contribution in [2.75, 3.05) is 6.54 Å². The van der Waals surface area contributed by atoms with Crippen molar-refractivity contribution in [2.45, 2.75) is 40.7 Å². The molecule has 0 saturated carbocycles. The molecular formula is C8H19N. The van der Waals surface area contributed by atoms with E-state index in [9.17, 15) is 0 Å². The zero-order valence-electron chi connectivity index (χ0n) is 7.28. The molecule has 0 aromatic rings. The fourth-order valence-corrected chi connectivity index (χ4v) is 0.612. The normalized spacial score (nSPS) is 15.7. The average molecular weight is 129 g/mol. The van der Waals surface area contributed by atoms with E-state index in [1.807, 2.05) is 0 Å². The summed E-state index contributed by atoms with van der Waals surface area (Å²) in [7, 11) is 0. The lowest BCUT2D eigenvalue weighted by atomic mass is 9.88. The molecule has 0 bridgehead atoms. The fraction of sp³-hybridized carbons (Fsp3) is 1.00. The third kappa shape index (κ3) is 3.52. The highest BCUT2D eigenvalue weighted by Gasteiger charge is 2.17. The van der Waals surface area contributed by atoms with E-state index in [0.717, 1.165) is 6.54 Å². The van der Waals surface area contributed by atoms with Gasteiger partial charge in [0.25, 0.3) is 0 Å². The fourth-order valence-electron chi connectivity index (χ4n) is 0.612. The lowest BCUT2D eigenvalue weighted by Crippen LogP contribution is -2.37. The predicted octanol–water partition coefficient (Wildman–Crippen LogP) is 2.03. The minimum absolute atomic E-state index is 0.399. The van der Waals surface area contributed by atoms with E-state index in [1.165, 1.54) is 0 Å². The van der Waals surface area contributed by atoms with Gasteiger partial charge in [-0.15, -0.1) is 0 Å². The van der Waals surface area contributed by atoms with Crippen LogP contribution in [0.1, 0.15) is 34.6 Å². The summed E-state index contributed by atoms with van der Waals surface area (Å²) in [5, 5.41) is 3.39. The highest BCUT2D eigenvalue weighted by atomic mass is 14.9. The molecule has 1 unspecified atom stereocenters. The predicted molar refractivity (Wildman–Crippen MR) is 42.6 cm³/mol. The maximum absolute atomic E-state index is 3.39. The highest BCUT2D eigenvalue weighted by Crippen LogP contribution is 2.17. The molecule has 0 spiro atoms. The van der Waals surface area contributed by atoms with Crippen molar-refractivity contribution in [1.29, 1.82) is 0 Å². The minimum Gasteiger partial charge on any atom is -0.314 e. The molecule has 1 atom stereocenters. The van der Waals surface area contributed by atoms with Gasteiger partial charge in [0.05, 0.1) is 0 Å². The molecule has 0 saturated heterocycles. The quantitative estimate of drug-likeness (QED) is 0.601. The van der Waals surface area contributed by atoms with Crippen molar-refractivity contribution in [3.8, 4) is 0 Å². The van der Waals surface area contributed by atoms with Gasteiger partial charge < -0.3 is 5.32 Å². The van der Waals surface area contributed by atoms with Crippen LogP contribution in [0.15, 0.2) is 0 Å². The van der Waals surface area contributed by atoms with Gasteiger partial charge in [-0.2, -0.15) is 0 Å². The molecular weight excluding hydrogens is 110 g/mol. The van der Waals surface area contributed by atoms with Crippen molar-refractivity contribution in [3.05, 3.63) is 0 Å². The van der Waals surface area contributed by atoms with Crippen LogP contribution in [0.2, 0.25) is 0 Å². The van der Waals surface area contributed by atoms with E-state index in [1.54, 1.807) is 0 Å². The third-order valence-corrected chi connectivity index (χ3v) is 1.81. The van der Waals surface area contributed by atoms with Gasteiger partial charge in [0, 0.05) is 6.04 Å². The Balaban J connectivity index is 3.59. The summed E-state index contributed by atoms with van der Waals surface area (Å²) in [6.45, 7) is 12.2. The Morgan fingerprint density at radius 1 is 1.33 bits per heavy atom. The smallest absolute Gasteiger partial charge is 0.00871 e. The average Bonchev–Trinajstić information content (AvgIpc) is 1.64. The van der Waals surface area contributed by atoms with Crippen LogP contribution in [0.5, 0.6) is 0 Å². The maximum atomic E-state index is 3.39. The molecule has 0 rings (SSSR count). The zero-order chi connectivity index (χ0) is 7.49. The summed E-state index contributed by atoms with van der Waals surface area (Å²) in [5.41, 5.74) is 0.399. The van der Waals surface area contributed by atoms with E-state index in [-0.39, 0.29) is 0 Å². The number of hydrogen-bond acceptors (Lipinski definition) is 1. The highest BCUT2D eigenvalue weighted by molar-refractivity contribution is 4.74. The molecule has 1 nitrogen and oxygen atoms in total. The van der Waals surface area contributed by atoms with Crippen molar-refractivity contribution in [1.82, 2.24) is 5.32 Å². The summed E-state index contributed by atoms with van der Waals surface area (Å²) >= 11 is 0. The number of nitrogens with one attached hydrogen (secondary N) is 1. The molecule has 0 aliphatic carbocycles. The Labute approximate surface area is 58.8 Å². The maximum Gasteiger partial charge on any atom is 0.00871 e. The van der Waals surface area contributed by atoms with Gasteiger partial charge in [-0.25, -0.2) is 0 Å². The van der Waals surface area contributed by atoms with Gasteiger partial charge in [-0.05, 0) is 18.9 Å². The summed E-state index contributed by atoms with van der Waals surface area (Å²) in [6, 6.07) is 0.613. The second-order valence-corrected chi connectivity index (χ2v) is 3.65. The van der Waals surface area contributed by atoms with Crippen LogP contribution in [0, 0.1) is 5.41 Å². The van der Waals surface area contributed by atoms with Gasteiger partial charge in [-0.1, -0.05) is 27.7 Å². The summed E-state index contributed by atoms with van der Waals surface area (Å²) in [6.07, 6.45) is 0.